The molecule has 3 saturated heterocycles. The zero-order valence-corrected chi connectivity index (χ0v) is 24.8. The molecule has 2 unspecified atom stereocenters. The van der Waals surface area contributed by atoms with Crippen molar-refractivity contribution in [3.05, 3.63) is 65.1 Å². The van der Waals surface area contributed by atoms with Crippen molar-refractivity contribution in [2.75, 3.05) is 26.2 Å². The summed E-state index contributed by atoms with van der Waals surface area (Å²) in [6, 6.07) is 11.3. The van der Waals surface area contributed by atoms with E-state index in [4.69, 9.17) is 14.7 Å². The molecule has 0 aliphatic carbocycles. The third-order valence-corrected chi connectivity index (χ3v) is 9.40. The van der Waals surface area contributed by atoms with Gasteiger partial charge in [-0.15, -0.1) is 0 Å². The van der Waals surface area contributed by atoms with Crippen molar-refractivity contribution in [3.63, 3.8) is 0 Å². The average Bonchev–Trinajstić information content (AvgIpc) is 3.59. The maximum atomic E-state index is 13.0. The highest BCUT2D eigenvalue weighted by molar-refractivity contribution is 6.05. The Balaban J connectivity index is 0.941. The highest BCUT2D eigenvalue weighted by Crippen LogP contribution is 2.32. The quantitative estimate of drug-likeness (QED) is 0.431. The maximum absolute atomic E-state index is 13.0. The number of nitrogens with one attached hydrogen (secondary N) is 1. The lowest BCUT2D eigenvalue weighted by Gasteiger charge is -2.30. The van der Waals surface area contributed by atoms with Gasteiger partial charge in [-0.1, -0.05) is 6.07 Å². The number of fused-ring (bicyclic) bond motifs is 2. The van der Waals surface area contributed by atoms with Crippen LogP contribution in [0.5, 0.6) is 5.75 Å². The summed E-state index contributed by atoms with van der Waals surface area (Å²) < 4.78 is 6.34. The van der Waals surface area contributed by atoms with E-state index >= 15 is 0 Å². The topological polar surface area (TPSA) is 125 Å². The summed E-state index contributed by atoms with van der Waals surface area (Å²) >= 11 is 0. The minimum atomic E-state index is -0.624. The molecule has 11 nitrogen and oxygen atoms in total. The van der Waals surface area contributed by atoms with Crippen LogP contribution >= 0.6 is 0 Å². The predicted molar refractivity (Wildman–Crippen MR) is 161 cm³/mol. The van der Waals surface area contributed by atoms with Crippen LogP contribution in [0.4, 0.5) is 0 Å². The highest BCUT2D eigenvalue weighted by Gasteiger charge is 2.39. The molecule has 1 aromatic heterocycles. The van der Waals surface area contributed by atoms with Crippen LogP contribution in [0.25, 0.3) is 10.9 Å². The number of hydrogen-bond acceptors (Lipinski definition) is 8. The molecular formula is C33H36N6O5. The Morgan fingerprint density at radius 3 is 2.66 bits per heavy atom. The van der Waals surface area contributed by atoms with Crippen LogP contribution in [0.1, 0.15) is 72.3 Å². The van der Waals surface area contributed by atoms with Gasteiger partial charge in [0.05, 0.1) is 5.52 Å². The number of hydrogen-bond donors (Lipinski definition) is 1. The first kappa shape index (κ1) is 28.4. The number of likely N-dealkylation sites (tertiary alicyclic amines) is 2. The molecular weight excluding hydrogens is 560 g/mol. The van der Waals surface area contributed by atoms with Crippen LogP contribution in [0.2, 0.25) is 0 Å². The molecule has 5 heterocycles. The van der Waals surface area contributed by atoms with E-state index in [1.54, 1.807) is 17.9 Å². The molecule has 3 aromatic rings. The second-order valence-corrected chi connectivity index (χ2v) is 12.4. The molecule has 11 heteroatoms. The number of piperidine rings is 2. The molecule has 44 heavy (non-hydrogen) atoms. The van der Waals surface area contributed by atoms with E-state index in [0.717, 1.165) is 80.0 Å². The van der Waals surface area contributed by atoms with Crippen molar-refractivity contribution in [1.29, 1.82) is 0 Å². The van der Waals surface area contributed by atoms with Gasteiger partial charge in [0.1, 0.15) is 23.7 Å². The predicted octanol–water partition coefficient (Wildman–Crippen LogP) is 2.77. The maximum Gasteiger partial charge on any atom is 0.255 e. The smallest absolute Gasteiger partial charge is 0.255 e. The van der Waals surface area contributed by atoms with E-state index in [1.165, 1.54) is 5.56 Å². The summed E-state index contributed by atoms with van der Waals surface area (Å²) in [5, 5.41) is 3.37. The van der Waals surface area contributed by atoms with Gasteiger partial charge in [0, 0.05) is 75.7 Å². The van der Waals surface area contributed by atoms with Crippen molar-refractivity contribution in [2.45, 2.75) is 70.2 Å². The van der Waals surface area contributed by atoms with E-state index in [9.17, 15) is 19.2 Å². The fraction of sp³-hybridized carbons (Fsp3) is 0.455. The Bertz CT molecular complexity index is 1650. The third kappa shape index (κ3) is 5.63. The Labute approximate surface area is 255 Å². The van der Waals surface area contributed by atoms with E-state index in [-0.39, 0.29) is 36.2 Å². The van der Waals surface area contributed by atoms with Gasteiger partial charge in [-0.2, -0.15) is 0 Å². The Morgan fingerprint density at radius 2 is 1.86 bits per heavy atom. The minimum absolute atomic E-state index is 0.0390. The molecule has 1 N–H and O–H groups in total. The van der Waals surface area contributed by atoms with Gasteiger partial charge in [0.15, 0.2) is 0 Å². The van der Waals surface area contributed by atoms with Crippen LogP contribution in [0, 0.1) is 0 Å². The number of aromatic nitrogens is 2. The van der Waals surface area contributed by atoms with Gasteiger partial charge in [0.2, 0.25) is 17.7 Å². The van der Waals surface area contributed by atoms with Crippen LogP contribution in [0.3, 0.4) is 0 Å². The highest BCUT2D eigenvalue weighted by atomic mass is 16.5. The fourth-order valence-electron chi connectivity index (χ4n) is 6.96. The summed E-state index contributed by atoms with van der Waals surface area (Å²) in [5.41, 5.74) is 3.58. The first-order chi connectivity index (χ1) is 21.3. The van der Waals surface area contributed by atoms with Gasteiger partial charge in [0.25, 0.3) is 5.91 Å². The normalized spacial score (nSPS) is 22.9. The molecule has 4 aliphatic heterocycles. The molecule has 2 aromatic carbocycles. The Morgan fingerprint density at radius 1 is 1.02 bits per heavy atom. The standard InChI is InChI=1S/C33H36N6O5/c1-20(40)38-12-8-22(9-13-38)31-34-16-23-14-21(2-5-28(23)35-31)17-37-11-10-26(19-37)44-25-3-4-27-24(15-25)18-39(33(27)43)29-6-7-30(41)36-32(29)42/h2-5,14-16,22,26,29H,6-13,17-19H2,1H3,(H,36,41,42). The van der Waals surface area contributed by atoms with E-state index in [0.29, 0.717) is 18.5 Å². The molecule has 4 amide bonds. The van der Waals surface area contributed by atoms with Gasteiger partial charge in [-0.3, -0.25) is 29.4 Å². The number of amides is 4. The first-order valence-electron chi connectivity index (χ1n) is 15.5. The van der Waals surface area contributed by atoms with Gasteiger partial charge in [-0.25, -0.2) is 9.97 Å². The Hall–Kier alpha value is -4.38. The van der Waals surface area contributed by atoms with Gasteiger partial charge < -0.3 is 14.5 Å². The van der Waals surface area contributed by atoms with Gasteiger partial charge >= 0.3 is 0 Å². The van der Waals surface area contributed by atoms with E-state index < -0.39 is 11.9 Å². The van der Waals surface area contributed by atoms with Crippen LogP contribution in [-0.2, 0) is 27.5 Å². The van der Waals surface area contributed by atoms with Crippen LogP contribution in [-0.4, -0.2) is 86.6 Å². The summed E-state index contributed by atoms with van der Waals surface area (Å²) in [6.45, 7) is 6.00. The van der Waals surface area contributed by atoms with Crippen molar-refractivity contribution < 1.29 is 23.9 Å². The summed E-state index contributed by atoms with van der Waals surface area (Å²) in [5.74, 6) is 1.13. The minimum Gasteiger partial charge on any atom is -0.489 e. The number of imide groups is 1. The van der Waals surface area contributed by atoms with E-state index in [2.05, 4.69) is 28.4 Å². The van der Waals surface area contributed by atoms with Crippen molar-refractivity contribution in [1.82, 2.24) is 30.0 Å². The lowest BCUT2D eigenvalue weighted by atomic mass is 9.95. The summed E-state index contributed by atoms with van der Waals surface area (Å²) in [6.07, 6.45) is 5.24. The molecule has 3 fully saturated rings. The van der Waals surface area contributed by atoms with E-state index in [1.807, 2.05) is 23.2 Å². The number of rotatable bonds is 6. The fourth-order valence-corrected chi connectivity index (χ4v) is 6.96. The number of ether oxygens (including phenoxy) is 1. The molecule has 0 spiro atoms. The largest absolute Gasteiger partial charge is 0.489 e. The second kappa shape index (κ2) is 11.6. The van der Waals surface area contributed by atoms with Crippen molar-refractivity contribution >= 4 is 34.5 Å². The summed E-state index contributed by atoms with van der Waals surface area (Å²) in [7, 11) is 0. The number of benzene rings is 2. The molecule has 0 bridgehead atoms. The third-order valence-electron chi connectivity index (χ3n) is 9.40. The molecule has 2 atom stereocenters. The lowest BCUT2D eigenvalue weighted by molar-refractivity contribution is -0.137. The first-order valence-corrected chi connectivity index (χ1v) is 15.5. The molecule has 7 rings (SSSR count). The number of carbonyl (C=O) groups excluding carboxylic acids is 4. The monoisotopic (exact) mass is 596 g/mol. The SMILES string of the molecule is CC(=O)N1CCC(c2ncc3cc(CN4CCC(Oc5ccc6c(c5)CN(C5CCC(=O)NC5=O)C6=O)C4)ccc3n2)CC1. The van der Waals surface area contributed by atoms with Crippen LogP contribution < -0.4 is 10.1 Å². The lowest BCUT2D eigenvalue weighted by Crippen LogP contribution is -2.52. The molecule has 0 saturated carbocycles. The average molecular weight is 597 g/mol. The number of nitrogens with zero attached hydrogens (tertiary/aromatic N) is 5. The van der Waals surface area contributed by atoms with Crippen molar-refractivity contribution in [3.8, 4) is 5.75 Å². The van der Waals surface area contributed by atoms with Crippen molar-refractivity contribution in [2.24, 2.45) is 0 Å². The second-order valence-electron chi connectivity index (χ2n) is 12.4. The van der Waals surface area contributed by atoms with Gasteiger partial charge in [-0.05, 0) is 67.1 Å². The Kier molecular flexibility index (Phi) is 7.49. The summed E-state index contributed by atoms with van der Waals surface area (Å²) in [4.78, 5) is 63.9. The molecule has 0 radical (unpaired) electrons. The zero-order chi connectivity index (χ0) is 30.4. The number of carbonyl (C=O) groups is 4. The van der Waals surface area contributed by atoms with Crippen LogP contribution in [0.15, 0.2) is 42.6 Å². The molecule has 4 aliphatic rings. The zero-order valence-electron chi connectivity index (χ0n) is 24.8. The molecule has 228 valence electrons.